The number of hydrogen-bond donors (Lipinski definition) is 1. The number of rotatable bonds is 10. The maximum atomic E-state index is 12.9. The van der Waals surface area contributed by atoms with Gasteiger partial charge in [0, 0.05) is 0 Å². The Balaban J connectivity index is 1.77. The average molecular weight is 475 g/mol. The van der Waals surface area contributed by atoms with Gasteiger partial charge in [0.2, 0.25) is 0 Å². The van der Waals surface area contributed by atoms with Crippen LogP contribution in [0.1, 0.15) is 25.8 Å². The van der Waals surface area contributed by atoms with Gasteiger partial charge in [-0.2, -0.15) is 8.42 Å². The second-order valence-electron chi connectivity index (χ2n) is 7.17. The fourth-order valence-corrected chi connectivity index (χ4v) is 6.98. The maximum absolute atomic E-state index is 12.9. The van der Waals surface area contributed by atoms with Crippen LogP contribution in [0.5, 0.6) is 0 Å². The molecule has 0 saturated carbocycles. The lowest BCUT2D eigenvalue weighted by atomic mass is 10.0. The Labute approximate surface area is 189 Å². The molecule has 1 unspecified atom stereocenters. The van der Waals surface area contributed by atoms with E-state index in [1.165, 1.54) is 10.8 Å². The smallest absolute Gasteiger partial charge is 0.308 e. The van der Waals surface area contributed by atoms with E-state index < -0.39 is 22.7 Å². The molecule has 3 aromatic carbocycles. The SMILES string of the molecule is CCOP(=O)(OCC)C(C/C=C/c1ccc(-c2ccc3ccccc3c2)cc1)S(=O)(=O)O. The van der Waals surface area contributed by atoms with Gasteiger partial charge in [0.05, 0.1) is 13.2 Å². The van der Waals surface area contributed by atoms with E-state index in [1.54, 1.807) is 26.0 Å². The zero-order chi connectivity index (χ0) is 23.2. The van der Waals surface area contributed by atoms with Crippen molar-refractivity contribution in [3.05, 3.63) is 78.4 Å². The average Bonchev–Trinajstić information content (AvgIpc) is 2.76. The molecule has 3 rings (SSSR count). The van der Waals surface area contributed by atoms with Crippen molar-refractivity contribution in [1.82, 2.24) is 0 Å². The lowest BCUT2D eigenvalue weighted by Crippen LogP contribution is -2.22. The molecule has 0 amide bonds. The third-order valence-electron chi connectivity index (χ3n) is 4.96. The van der Waals surface area contributed by atoms with Crippen LogP contribution < -0.4 is 0 Å². The molecule has 8 heteroatoms. The normalized spacial score (nSPS) is 13.6. The summed E-state index contributed by atoms with van der Waals surface area (Å²) in [7, 11) is -8.68. The largest absolute Gasteiger partial charge is 0.351 e. The van der Waals surface area contributed by atoms with Crippen molar-refractivity contribution in [2.75, 3.05) is 13.2 Å². The molecule has 0 saturated heterocycles. The minimum atomic E-state index is -4.65. The second-order valence-corrected chi connectivity index (χ2v) is 11.3. The van der Waals surface area contributed by atoms with Crippen molar-refractivity contribution in [2.24, 2.45) is 0 Å². The summed E-state index contributed by atoms with van der Waals surface area (Å²) in [5.74, 6) is 0. The molecular formula is C24H27O6PS. The topological polar surface area (TPSA) is 89.9 Å². The predicted octanol–water partition coefficient (Wildman–Crippen LogP) is 6.39. The van der Waals surface area contributed by atoms with Gasteiger partial charge in [0.1, 0.15) is 0 Å². The third kappa shape index (κ3) is 5.94. The van der Waals surface area contributed by atoms with Crippen molar-refractivity contribution in [3.8, 4) is 11.1 Å². The highest BCUT2D eigenvalue weighted by molar-refractivity contribution is 7.94. The van der Waals surface area contributed by atoms with Crippen LogP contribution in [0.3, 0.4) is 0 Å². The second kappa shape index (κ2) is 10.6. The lowest BCUT2D eigenvalue weighted by molar-refractivity contribution is 0.216. The van der Waals surface area contributed by atoms with Crippen LogP contribution in [-0.4, -0.2) is 31.2 Å². The van der Waals surface area contributed by atoms with Crippen LogP contribution in [0.2, 0.25) is 0 Å². The lowest BCUT2D eigenvalue weighted by Gasteiger charge is -2.23. The number of fused-ring (bicyclic) bond motifs is 1. The molecule has 3 aromatic rings. The van der Waals surface area contributed by atoms with Crippen molar-refractivity contribution < 1.29 is 26.6 Å². The van der Waals surface area contributed by atoms with Gasteiger partial charge >= 0.3 is 7.60 Å². The highest BCUT2D eigenvalue weighted by Gasteiger charge is 2.43. The molecule has 0 aliphatic rings. The summed E-state index contributed by atoms with van der Waals surface area (Å²) in [6, 6.07) is 22.2. The monoisotopic (exact) mass is 474 g/mol. The molecule has 6 nitrogen and oxygen atoms in total. The van der Waals surface area contributed by atoms with Crippen LogP contribution in [0.15, 0.2) is 72.8 Å². The molecular weight excluding hydrogens is 447 g/mol. The summed E-state index contributed by atoms with van der Waals surface area (Å²) >= 11 is 0. The van der Waals surface area contributed by atoms with Crippen molar-refractivity contribution in [2.45, 2.75) is 25.3 Å². The van der Waals surface area contributed by atoms with Gasteiger partial charge in [-0.3, -0.25) is 9.12 Å². The fourth-order valence-electron chi connectivity index (χ4n) is 3.45. The van der Waals surface area contributed by atoms with Gasteiger partial charge in [0.15, 0.2) is 4.99 Å². The zero-order valence-electron chi connectivity index (χ0n) is 18.0. The predicted molar refractivity (Wildman–Crippen MR) is 129 cm³/mol. The first-order valence-electron chi connectivity index (χ1n) is 10.4. The van der Waals surface area contributed by atoms with E-state index in [0.29, 0.717) is 0 Å². The van der Waals surface area contributed by atoms with Gasteiger partial charge in [-0.05, 0) is 53.8 Å². The summed E-state index contributed by atoms with van der Waals surface area (Å²) < 4.78 is 56.4. The Morgan fingerprint density at radius 2 is 1.50 bits per heavy atom. The van der Waals surface area contributed by atoms with Crippen LogP contribution in [0.4, 0.5) is 0 Å². The van der Waals surface area contributed by atoms with E-state index in [0.717, 1.165) is 16.7 Å². The molecule has 0 radical (unpaired) electrons. The van der Waals surface area contributed by atoms with Crippen LogP contribution >= 0.6 is 7.60 Å². The summed E-state index contributed by atoms with van der Waals surface area (Å²) in [6.07, 6.45) is 3.06. The van der Waals surface area contributed by atoms with Crippen molar-refractivity contribution in [1.29, 1.82) is 0 Å². The van der Waals surface area contributed by atoms with Gasteiger partial charge < -0.3 is 9.05 Å². The highest BCUT2D eigenvalue weighted by Crippen LogP contribution is 2.56. The van der Waals surface area contributed by atoms with Gasteiger partial charge in [-0.15, -0.1) is 0 Å². The van der Waals surface area contributed by atoms with E-state index in [4.69, 9.17) is 9.05 Å². The molecule has 0 spiro atoms. The molecule has 32 heavy (non-hydrogen) atoms. The Morgan fingerprint density at radius 1 is 0.906 bits per heavy atom. The Bertz CT molecular complexity index is 1220. The first kappa shape index (κ1) is 24.4. The van der Waals surface area contributed by atoms with E-state index in [1.807, 2.05) is 36.4 Å². The van der Waals surface area contributed by atoms with Crippen LogP contribution in [-0.2, 0) is 23.7 Å². The Hall–Kier alpha value is -2.28. The molecule has 0 aliphatic carbocycles. The maximum Gasteiger partial charge on any atom is 0.351 e. The molecule has 0 heterocycles. The number of allylic oxidation sites excluding steroid dienone is 1. The Kier molecular flexibility index (Phi) is 8.04. The van der Waals surface area contributed by atoms with E-state index in [-0.39, 0.29) is 19.6 Å². The number of benzene rings is 3. The van der Waals surface area contributed by atoms with Crippen molar-refractivity contribution >= 4 is 34.6 Å². The minimum Gasteiger partial charge on any atom is -0.308 e. The quantitative estimate of drug-likeness (QED) is 0.270. The molecule has 0 fully saturated rings. The first-order valence-corrected chi connectivity index (χ1v) is 13.5. The first-order chi connectivity index (χ1) is 15.3. The number of hydrogen-bond acceptors (Lipinski definition) is 5. The summed E-state index contributed by atoms with van der Waals surface area (Å²) in [5, 5.41) is 2.35. The molecule has 1 N–H and O–H groups in total. The zero-order valence-corrected chi connectivity index (χ0v) is 19.8. The molecule has 0 aromatic heterocycles. The van der Waals surface area contributed by atoms with Gasteiger partial charge in [-0.25, -0.2) is 0 Å². The highest BCUT2D eigenvalue weighted by atomic mass is 32.2. The summed E-state index contributed by atoms with van der Waals surface area (Å²) in [4.78, 5) is -1.68. The molecule has 1 atom stereocenters. The summed E-state index contributed by atoms with van der Waals surface area (Å²) in [5.41, 5.74) is 2.99. The van der Waals surface area contributed by atoms with Gasteiger partial charge in [-0.1, -0.05) is 72.8 Å². The van der Waals surface area contributed by atoms with Crippen LogP contribution in [0, 0.1) is 0 Å². The molecule has 170 valence electrons. The summed E-state index contributed by atoms with van der Waals surface area (Å²) in [6.45, 7) is 3.17. The molecule has 0 aliphatic heterocycles. The Morgan fingerprint density at radius 3 is 2.09 bits per heavy atom. The van der Waals surface area contributed by atoms with Crippen LogP contribution in [0.25, 0.3) is 28.0 Å². The standard InChI is InChI=1S/C24H27O6PS/c1-3-29-31(25,30-4-2)24(32(26,27)28)11-7-8-19-12-14-21(15-13-19)23-17-16-20-9-5-6-10-22(20)18-23/h5-10,12-18,24H,3-4,11H2,1-2H3,(H,26,27,28)/b8-7+. The van der Waals surface area contributed by atoms with E-state index in [9.17, 15) is 17.5 Å². The van der Waals surface area contributed by atoms with E-state index in [2.05, 4.69) is 30.3 Å². The van der Waals surface area contributed by atoms with Gasteiger partial charge in [0.25, 0.3) is 10.1 Å². The van der Waals surface area contributed by atoms with E-state index >= 15 is 0 Å². The molecule has 0 bridgehead atoms. The van der Waals surface area contributed by atoms with Crippen molar-refractivity contribution in [3.63, 3.8) is 0 Å². The fraction of sp³-hybridized carbons (Fsp3) is 0.250. The third-order valence-corrected chi connectivity index (χ3v) is 9.56. The minimum absolute atomic E-state index is 0.00322.